The number of hydrogen-bond donors (Lipinski definition) is 1. The van der Waals surface area contributed by atoms with Crippen molar-refractivity contribution in [3.05, 3.63) is 29.8 Å². The van der Waals surface area contributed by atoms with E-state index in [-0.39, 0.29) is 0 Å². The average molecular weight is 245 g/mol. The standard InChI is InChI=1S/C16H23NO/c1-2-3-4-5-6-13-18-16-11-7-9-15(14-16)10-8-12-17/h7,9,11,14H,2-6,12-13,17H2,1H3. The normalized spacial score (nSPS) is 9.67. The SMILES string of the molecule is CCCCCCCOc1cccc(C#CCN)c1. The zero-order valence-corrected chi connectivity index (χ0v) is 11.2. The summed E-state index contributed by atoms with van der Waals surface area (Å²) in [5.41, 5.74) is 6.31. The molecule has 1 aromatic rings. The first-order chi connectivity index (χ1) is 8.86. The second kappa shape index (κ2) is 9.56. The van der Waals surface area contributed by atoms with Crippen LogP contribution in [0.5, 0.6) is 5.75 Å². The van der Waals surface area contributed by atoms with E-state index in [1.807, 2.05) is 24.3 Å². The van der Waals surface area contributed by atoms with Gasteiger partial charge in [0.1, 0.15) is 5.75 Å². The molecule has 0 unspecified atom stereocenters. The summed E-state index contributed by atoms with van der Waals surface area (Å²) in [6, 6.07) is 7.87. The third kappa shape index (κ3) is 6.32. The molecule has 1 aromatic carbocycles. The Balaban J connectivity index is 2.29. The molecule has 0 saturated carbocycles. The van der Waals surface area contributed by atoms with Gasteiger partial charge >= 0.3 is 0 Å². The molecular formula is C16H23NO. The molecule has 18 heavy (non-hydrogen) atoms. The van der Waals surface area contributed by atoms with Crippen molar-refractivity contribution in [2.75, 3.05) is 13.2 Å². The molecular weight excluding hydrogens is 222 g/mol. The first-order valence-corrected chi connectivity index (χ1v) is 6.78. The predicted octanol–water partition coefficient (Wildman–Crippen LogP) is 3.35. The van der Waals surface area contributed by atoms with Gasteiger partial charge in [0.15, 0.2) is 0 Å². The van der Waals surface area contributed by atoms with Gasteiger partial charge in [0.2, 0.25) is 0 Å². The third-order valence-electron chi connectivity index (χ3n) is 2.69. The van der Waals surface area contributed by atoms with Crippen LogP contribution >= 0.6 is 0 Å². The van der Waals surface area contributed by atoms with Gasteiger partial charge in [-0.25, -0.2) is 0 Å². The molecule has 1 rings (SSSR count). The van der Waals surface area contributed by atoms with E-state index in [0.717, 1.165) is 24.3 Å². The van der Waals surface area contributed by atoms with Gasteiger partial charge < -0.3 is 10.5 Å². The van der Waals surface area contributed by atoms with Crippen LogP contribution in [0.3, 0.4) is 0 Å². The van der Waals surface area contributed by atoms with E-state index in [9.17, 15) is 0 Å². The summed E-state index contributed by atoms with van der Waals surface area (Å²) < 4.78 is 5.71. The van der Waals surface area contributed by atoms with E-state index in [1.165, 1.54) is 25.7 Å². The number of hydrogen-bond acceptors (Lipinski definition) is 2. The molecule has 0 saturated heterocycles. The highest BCUT2D eigenvalue weighted by atomic mass is 16.5. The van der Waals surface area contributed by atoms with Crippen molar-refractivity contribution < 1.29 is 4.74 Å². The fourth-order valence-electron chi connectivity index (χ4n) is 1.71. The summed E-state index contributed by atoms with van der Waals surface area (Å²) in [4.78, 5) is 0. The van der Waals surface area contributed by atoms with E-state index in [1.54, 1.807) is 0 Å². The largest absolute Gasteiger partial charge is 0.494 e. The topological polar surface area (TPSA) is 35.2 Å². The Morgan fingerprint density at radius 1 is 1.17 bits per heavy atom. The Kier molecular flexibility index (Phi) is 7.75. The summed E-state index contributed by atoms with van der Waals surface area (Å²) in [5, 5.41) is 0. The number of rotatable bonds is 7. The molecule has 0 fully saturated rings. The van der Waals surface area contributed by atoms with Crippen LogP contribution in [0.4, 0.5) is 0 Å². The quantitative estimate of drug-likeness (QED) is 0.590. The van der Waals surface area contributed by atoms with Crippen molar-refractivity contribution >= 4 is 0 Å². The van der Waals surface area contributed by atoms with Gasteiger partial charge in [-0.2, -0.15) is 0 Å². The van der Waals surface area contributed by atoms with Crippen molar-refractivity contribution in [1.82, 2.24) is 0 Å². The summed E-state index contributed by atoms with van der Waals surface area (Å²) in [6.07, 6.45) is 6.29. The fraction of sp³-hybridized carbons (Fsp3) is 0.500. The fourth-order valence-corrected chi connectivity index (χ4v) is 1.71. The van der Waals surface area contributed by atoms with E-state index in [2.05, 4.69) is 18.8 Å². The molecule has 2 nitrogen and oxygen atoms in total. The maximum atomic E-state index is 5.71. The highest BCUT2D eigenvalue weighted by Gasteiger charge is 1.95. The van der Waals surface area contributed by atoms with Crippen LogP contribution in [0.2, 0.25) is 0 Å². The Hall–Kier alpha value is -1.46. The van der Waals surface area contributed by atoms with Gasteiger partial charge in [0, 0.05) is 5.56 Å². The van der Waals surface area contributed by atoms with Crippen LogP contribution in [0.1, 0.15) is 44.6 Å². The van der Waals surface area contributed by atoms with Crippen LogP contribution in [-0.2, 0) is 0 Å². The van der Waals surface area contributed by atoms with Gasteiger partial charge in [0.05, 0.1) is 13.2 Å². The summed E-state index contributed by atoms with van der Waals surface area (Å²) in [7, 11) is 0. The lowest BCUT2D eigenvalue weighted by atomic mass is 10.2. The monoisotopic (exact) mass is 245 g/mol. The van der Waals surface area contributed by atoms with Crippen LogP contribution in [0.15, 0.2) is 24.3 Å². The number of unbranched alkanes of at least 4 members (excludes halogenated alkanes) is 4. The summed E-state index contributed by atoms with van der Waals surface area (Å²) >= 11 is 0. The molecule has 0 aliphatic carbocycles. The van der Waals surface area contributed by atoms with Crippen molar-refractivity contribution in [2.45, 2.75) is 39.0 Å². The van der Waals surface area contributed by atoms with E-state index in [4.69, 9.17) is 10.5 Å². The van der Waals surface area contributed by atoms with Crippen molar-refractivity contribution in [3.8, 4) is 17.6 Å². The molecule has 0 amide bonds. The molecule has 0 aliphatic rings. The highest BCUT2D eigenvalue weighted by Crippen LogP contribution is 2.13. The molecule has 0 bridgehead atoms. The van der Waals surface area contributed by atoms with Crippen molar-refractivity contribution in [3.63, 3.8) is 0 Å². The Labute approximate surface area is 111 Å². The number of benzene rings is 1. The Bertz CT molecular complexity index is 390. The molecule has 0 heterocycles. The van der Waals surface area contributed by atoms with Crippen LogP contribution < -0.4 is 10.5 Å². The van der Waals surface area contributed by atoms with Crippen LogP contribution in [-0.4, -0.2) is 13.2 Å². The number of ether oxygens (including phenoxy) is 1. The minimum atomic E-state index is 0.391. The predicted molar refractivity (Wildman–Crippen MR) is 76.6 cm³/mol. The summed E-state index contributed by atoms with van der Waals surface area (Å²) in [6.45, 7) is 3.41. The average Bonchev–Trinajstić information content (AvgIpc) is 2.41. The minimum absolute atomic E-state index is 0.391. The molecule has 0 aromatic heterocycles. The third-order valence-corrected chi connectivity index (χ3v) is 2.69. The molecule has 98 valence electrons. The molecule has 2 N–H and O–H groups in total. The second-order valence-corrected chi connectivity index (χ2v) is 4.30. The van der Waals surface area contributed by atoms with Crippen LogP contribution in [0, 0.1) is 11.8 Å². The first-order valence-electron chi connectivity index (χ1n) is 6.78. The lowest BCUT2D eigenvalue weighted by Gasteiger charge is -2.06. The molecule has 0 spiro atoms. The van der Waals surface area contributed by atoms with Gasteiger partial charge in [0.25, 0.3) is 0 Å². The van der Waals surface area contributed by atoms with E-state index >= 15 is 0 Å². The van der Waals surface area contributed by atoms with Crippen LogP contribution in [0.25, 0.3) is 0 Å². The van der Waals surface area contributed by atoms with E-state index in [0.29, 0.717) is 6.54 Å². The van der Waals surface area contributed by atoms with Gasteiger partial charge in [-0.05, 0) is 24.6 Å². The molecule has 0 aliphatic heterocycles. The number of nitrogens with two attached hydrogens (primary N) is 1. The molecule has 0 atom stereocenters. The second-order valence-electron chi connectivity index (χ2n) is 4.30. The van der Waals surface area contributed by atoms with Gasteiger partial charge in [-0.3, -0.25) is 0 Å². The maximum Gasteiger partial charge on any atom is 0.120 e. The van der Waals surface area contributed by atoms with Crippen molar-refractivity contribution in [2.24, 2.45) is 5.73 Å². The maximum absolute atomic E-state index is 5.71. The zero-order valence-electron chi connectivity index (χ0n) is 11.2. The lowest BCUT2D eigenvalue weighted by molar-refractivity contribution is 0.304. The Morgan fingerprint density at radius 2 is 2.00 bits per heavy atom. The van der Waals surface area contributed by atoms with Gasteiger partial charge in [-0.1, -0.05) is 50.5 Å². The molecule has 2 heteroatoms. The van der Waals surface area contributed by atoms with Crippen molar-refractivity contribution in [1.29, 1.82) is 0 Å². The Morgan fingerprint density at radius 3 is 2.78 bits per heavy atom. The highest BCUT2D eigenvalue weighted by molar-refractivity contribution is 5.39. The molecule has 0 radical (unpaired) electrons. The zero-order chi connectivity index (χ0) is 13.1. The van der Waals surface area contributed by atoms with E-state index < -0.39 is 0 Å². The smallest absolute Gasteiger partial charge is 0.120 e. The lowest BCUT2D eigenvalue weighted by Crippen LogP contribution is -1.97. The van der Waals surface area contributed by atoms with Gasteiger partial charge in [-0.15, -0.1) is 0 Å². The minimum Gasteiger partial charge on any atom is -0.494 e. The summed E-state index contributed by atoms with van der Waals surface area (Å²) in [5.74, 6) is 6.75. The first kappa shape index (κ1) is 14.6.